The van der Waals surface area contributed by atoms with Crippen LogP contribution in [0, 0.1) is 0 Å². The minimum Gasteiger partial charge on any atom is -0.445 e. The number of hydrogen-bond acceptors (Lipinski definition) is 2. The Labute approximate surface area is 75.6 Å². The van der Waals surface area contributed by atoms with Crippen molar-refractivity contribution in [2.45, 2.75) is 0 Å². The molecule has 0 saturated heterocycles. The topological polar surface area (TPSA) is 46.0 Å². The van der Waals surface area contributed by atoms with Crippen molar-refractivity contribution >= 4 is 23.5 Å². The monoisotopic (exact) mass is 202 g/mol. The van der Waals surface area contributed by atoms with Gasteiger partial charge < -0.3 is 17.4 Å². The van der Waals surface area contributed by atoms with Crippen LogP contribution in [0.4, 0.5) is 12.9 Å². The molecule has 0 aliphatic carbocycles. The van der Waals surface area contributed by atoms with Crippen molar-refractivity contribution in [2.24, 2.45) is 0 Å². The Hall–Kier alpha value is -1.66. The van der Waals surface area contributed by atoms with Crippen LogP contribution in [0.5, 0.6) is 0 Å². The summed E-state index contributed by atoms with van der Waals surface area (Å²) < 4.78 is 41.4. The van der Waals surface area contributed by atoms with Gasteiger partial charge in [0.2, 0.25) is 0 Å². The molecule has 0 amide bonds. The number of hydrogen-bond donors (Lipinski definition) is 1. The summed E-state index contributed by atoms with van der Waals surface area (Å²) in [4.78, 5) is 12.8. The summed E-state index contributed by atoms with van der Waals surface area (Å²) in [6, 6.07) is 2.87. The van der Waals surface area contributed by atoms with E-state index in [1.165, 1.54) is 0 Å². The van der Waals surface area contributed by atoms with E-state index < -0.39 is 18.2 Å². The second-order valence-corrected chi connectivity index (χ2v) is 2.84. The Bertz CT molecular complexity index is 527. The van der Waals surface area contributed by atoms with Gasteiger partial charge in [0.25, 0.3) is 0 Å². The second-order valence-electron chi connectivity index (χ2n) is 2.84. The molecule has 0 atom stereocenters. The molecule has 0 bridgehead atoms. The number of aromatic nitrogens is 1. The smallest absolute Gasteiger partial charge is 0.445 e. The number of fused-ring (bicyclic) bond motifs is 1. The highest BCUT2D eigenvalue weighted by molar-refractivity contribution is 6.73. The molecule has 2 rings (SSSR count). The van der Waals surface area contributed by atoms with E-state index in [0.29, 0.717) is 0 Å². The van der Waals surface area contributed by atoms with Crippen molar-refractivity contribution in [1.82, 2.24) is 4.98 Å². The number of benzene rings is 1. The lowest BCUT2D eigenvalue weighted by Gasteiger charge is -2.13. The number of aromatic amines is 1. The number of halogens is 3. The third-order valence-electron chi connectivity index (χ3n) is 1.82. The van der Waals surface area contributed by atoms with Crippen LogP contribution in [0.25, 0.3) is 11.1 Å². The zero-order valence-corrected chi connectivity index (χ0v) is 6.76. The van der Waals surface area contributed by atoms with Gasteiger partial charge in [-0.25, -0.2) is 4.79 Å². The molecular formula is C7H4BF3NO2-. The van der Waals surface area contributed by atoms with Gasteiger partial charge in [-0.15, -0.1) is 5.46 Å². The minimum absolute atomic E-state index is 0.0618. The summed E-state index contributed by atoms with van der Waals surface area (Å²) in [6.45, 7) is -5.04. The molecule has 2 aromatic rings. The van der Waals surface area contributed by atoms with Gasteiger partial charge in [-0.2, -0.15) is 0 Å². The number of nitrogens with one attached hydrogen (secondary N) is 1. The van der Waals surface area contributed by atoms with Crippen molar-refractivity contribution in [3.8, 4) is 0 Å². The van der Waals surface area contributed by atoms with Gasteiger partial charge in [0, 0.05) is 0 Å². The molecular weight excluding hydrogens is 198 g/mol. The van der Waals surface area contributed by atoms with Crippen molar-refractivity contribution in [3.05, 3.63) is 28.7 Å². The summed E-state index contributed by atoms with van der Waals surface area (Å²) in [5, 5.41) is 0. The molecule has 7 heteroatoms. The third kappa shape index (κ3) is 1.41. The lowest BCUT2D eigenvalue weighted by Crippen LogP contribution is -2.33. The van der Waals surface area contributed by atoms with Crippen LogP contribution < -0.4 is 11.2 Å². The van der Waals surface area contributed by atoms with Gasteiger partial charge in [0.15, 0.2) is 5.58 Å². The first-order valence-electron chi connectivity index (χ1n) is 3.79. The van der Waals surface area contributed by atoms with E-state index in [1.54, 1.807) is 0 Å². The summed E-state index contributed by atoms with van der Waals surface area (Å²) in [5.74, 6) is -0.758. The van der Waals surface area contributed by atoms with Crippen molar-refractivity contribution < 1.29 is 17.4 Å². The maximum Gasteiger partial charge on any atom is 0.509 e. The normalized spacial score (nSPS) is 12.2. The molecule has 0 aliphatic rings. The second kappa shape index (κ2) is 2.66. The summed E-state index contributed by atoms with van der Waals surface area (Å²) >= 11 is 0. The molecule has 0 aliphatic heterocycles. The molecule has 0 radical (unpaired) electrons. The van der Waals surface area contributed by atoms with Gasteiger partial charge in [0.1, 0.15) is 0 Å². The average molecular weight is 202 g/mol. The van der Waals surface area contributed by atoms with E-state index in [4.69, 9.17) is 0 Å². The molecule has 1 N–H and O–H groups in total. The fourth-order valence-corrected chi connectivity index (χ4v) is 1.17. The van der Waals surface area contributed by atoms with Crippen LogP contribution in [-0.2, 0) is 0 Å². The first kappa shape index (κ1) is 8.92. The van der Waals surface area contributed by atoms with Gasteiger partial charge in [-0.05, 0) is 6.07 Å². The Morgan fingerprint density at radius 3 is 2.64 bits per heavy atom. The van der Waals surface area contributed by atoms with Crippen molar-refractivity contribution in [1.29, 1.82) is 0 Å². The van der Waals surface area contributed by atoms with Crippen LogP contribution in [0.15, 0.2) is 27.4 Å². The summed E-state index contributed by atoms with van der Waals surface area (Å²) in [6.07, 6.45) is 0. The fourth-order valence-electron chi connectivity index (χ4n) is 1.17. The fraction of sp³-hybridized carbons (Fsp3) is 0. The largest absolute Gasteiger partial charge is 0.509 e. The van der Waals surface area contributed by atoms with Crippen LogP contribution in [0.2, 0.25) is 0 Å². The molecule has 0 unspecified atom stereocenters. The first-order valence-corrected chi connectivity index (χ1v) is 3.79. The van der Waals surface area contributed by atoms with E-state index in [-0.39, 0.29) is 11.1 Å². The van der Waals surface area contributed by atoms with Crippen LogP contribution in [0.3, 0.4) is 0 Å². The van der Waals surface area contributed by atoms with E-state index in [0.717, 1.165) is 18.2 Å². The predicted molar refractivity (Wildman–Crippen MR) is 45.5 cm³/mol. The molecule has 0 spiro atoms. The Kier molecular flexibility index (Phi) is 1.70. The number of H-pyrrole nitrogens is 1. The standard InChI is InChI=1S/C7H4BF3NO2/c9-8(10,11)4-1-2-6-5(3-4)12-7(13)14-6/h1-3H,(H,12,13)/q-1. The summed E-state index contributed by atoms with van der Waals surface area (Å²) in [5.41, 5.74) is -0.569. The van der Waals surface area contributed by atoms with Crippen LogP contribution in [-0.4, -0.2) is 12.0 Å². The minimum atomic E-state index is -5.04. The van der Waals surface area contributed by atoms with E-state index in [1.807, 2.05) is 0 Å². The Morgan fingerprint density at radius 2 is 2.00 bits per heavy atom. The maximum absolute atomic E-state index is 12.3. The van der Waals surface area contributed by atoms with E-state index in [9.17, 15) is 17.7 Å². The molecule has 74 valence electrons. The van der Waals surface area contributed by atoms with E-state index >= 15 is 0 Å². The zero-order valence-electron chi connectivity index (χ0n) is 6.76. The molecule has 14 heavy (non-hydrogen) atoms. The van der Waals surface area contributed by atoms with Gasteiger partial charge in [-0.3, -0.25) is 4.98 Å². The molecule has 0 saturated carbocycles. The maximum atomic E-state index is 12.3. The van der Waals surface area contributed by atoms with Gasteiger partial charge in [-0.1, -0.05) is 12.1 Å². The summed E-state index contributed by atoms with van der Waals surface area (Å²) in [7, 11) is 0. The SMILES string of the molecule is O=c1[nH]c2cc([B-](F)(F)F)ccc2o1. The zero-order chi connectivity index (χ0) is 10.3. The van der Waals surface area contributed by atoms with E-state index in [2.05, 4.69) is 9.40 Å². The van der Waals surface area contributed by atoms with Crippen molar-refractivity contribution in [3.63, 3.8) is 0 Å². The van der Waals surface area contributed by atoms with Gasteiger partial charge >= 0.3 is 12.7 Å². The van der Waals surface area contributed by atoms with Crippen LogP contribution >= 0.6 is 0 Å². The van der Waals surface area contributed by atoms with Crippen LogP contribution in [0.1, 0.15) is 0 Å². The Balaban J connectivity index is 2.67. The molecule has 1 heterocycles. The predicted octanol–water partition coefficient (Wildman–Crippen LogP) is 1.18. The Morgan fingerprint density at radius 1 is 1.29 bits per heavy atom. The lowest BCUT2D eigenvalue weighted by molar-refractivity contribution is 0.501. The van der Waals surface area contributed by atoms with Gasteiger partial charge in [0.05, 0.1) is 5.52 Å². The molecule has 3 nitrogen and oxygen atoms in total. The highest BCUT2D eigenvalue weighted by atomic mass is 19.4. The first-order chi connectivity index (χ1) is 6.47. The average Bonchev–Trinajstić information content (AvgIpc) is 2.41. The highest BCUT2D eigenvalue weighted by Gasteiger charge is 2.25. The highest BCUT2D eigenvalue weighted by Crippen LogP contribution is 2.13. The number of rotatable bonds is 1. The number of oxazole rings is 1. The lowest BCUT2D eigenvalue weighted by atomic mass is 9.80. The van der Waals surface area contributed by atoms with Crippen molar-refractivity contribution in [2.75, 3.05) is 0 Å². The molecule has 1 aromatic heterocycles. The molecule has 0 fully saturated rings. The third-order valence-corrected chi connectivity index (χ3v) is 1.82. The quantitative estimate of drug-likeness (QED) is 0.705. The molecule has 1 aromatic carbocycles.